The summed E-state index contributed by atoms with van der Waals surface area (Å²) in [6.45, 7) is 6.70. The van der Waals surface area contributed by atoms with E-state index in [4.69, 9.17) is 42.1 Å². The lowest BCUT2D eigenvalue weighted by Crippen LogP contribution is -2.45. The van der Waals surface area contributed by atoms with E-state index in [1.807, 2.05) is 0 Å². The molecule has 9 heteroatoms. The summed E-state index contributed by atoms with van der Waals surface area (Å²) in [5, 5.41) is 14.6. The molecule has 7 nitrogen and oxygen atoms in total. The molecule has 2 aliphatic heterocycles. The van der Waals surface area contributed by atoms with Gasteiger partial charge in [0.05, 0.1) is 16.5 Å². The number of amides is 1. The second-order valence-electron chi connectivity index (χ2n) is 11.0. The summed E-state index contributed by atoms with van der Waals surface area (Å²) in [7, 11) is 0. The van der Waals surface area contributed by atoms with Gasteiger partial charge in [-0.05, 0) is 38.0 Å². The Morgan fingerprint density at radius 3 is 2.32 bits per heavy atom. The second-order valence-corrected chi connectivity index (χ2v) is 11.8. The van der Waals surface area contributed by atoms with Crippen LogP contribution in [0.15, 0.2) is 18.2 Å². The minimum absolute atomic E-state index is 0.116. The van der Waals surface area contributed by atoms with E-state index in [1.54, 1.807) is 32.0 Å². The van der Waals surface area contributed by atoms with Crippen LogP contribution < -0.4 is 5.32 Å². The number of aliphatic hydroxyl groups excluding tert-OH is 1. The zero-order valence-electron chi connectivity index (χ0n) is 23.1. The van der Waals surface area contributed by atoms with Crippen molar-refractivity contribution in [2.24, 2.45) is 0 Å². The number of ether oxygens (including phenoxy) is 4. The maximum atomic E-state index is 12.5. The molecular formula is C29H45Cl2NO6. The maximum Gasteiger partial charge on any atom is 0.224 e. The van der Waals surface area contributed by atoms with Crippen LogP contribution in [-0.4, -0.2) is 60.7 Å². The third-order valence-electron chi connectivity index (χ3n) is 7.10. The molecule has 0 saturated carbocycles. The van der Waals surface area contributed by atoms with Crippen molar-refractivity contribution in [2.45, 2.75) is 121 Å². The Kier molecular flexibility index (Phi) is 12.6. The molecule has 0 aliphatic carbocycles. The molecule has 1 amide bonds. The highest BCUT2D eigenvalue weighted by atomic mass is 35.5. The number of rotatable bonds is 17. The molecule has 0 spiro atoms. The van der Waals surface area contributed by atoms with Crippen LogP contribution >= 0.6 is 23.2 Å². The average molecular weight is 575 g/mol. The summed E-state index contributed by atoms with van der Waals surface area (Å²) in [5.74, 6) is -2.33. The quantitative estimate of drug-likeness (QED) is 0.216. The summed E-state index contributed by atoms with van der Waals surface area (Å²) in [6, 6.07) is 5.08. The first-order valence-electron chi connectivity index (χ1n) is 14.2. The van der Waals surface area contributed by atoms with E-state index in [0.717, 1.165) is 18.4 Å². The van der Waals surface area contributed by atoms with Crippen LogP contribution in [0, 0.1) is 0 Å². The van der Waals surface area contributed by atoms with Crippen molar-refractivity contribution in [3.8, 4) is 0 Å². The zero-order chi connectivity index (χ0) is 27.6. The van der Waals surface area contributed by atoms with Gasteiger partial charge in [-0.15, -0.1) is 0 Å². The standard InChI is InChI=1S/C29H45Cl2NO6/c1-4-5-6-7-8-9-10-11-12-13-16-35-20-29-27(37-28(2,3)38-29)26(34)24(36-29)19-32-25(33)18-21-14-15-22(30)23(31)17-21/h14-15,17,24,26-27,34H,4-13,16,18-20H2,1-3H3,(H,32,33)/t24-,26+,27-,29-/m0/s1. The van der Waals surface area contributed by atoms with Crippen molar-refractivity contribution in [2.75, 3.05) is 19.8 Å². The number of hydrogen-bond acceptors (Lipinski definition) is 6. The number of aliphatic hydroxyl groups is 1. The van der Waals surface area contributed by atoms with Crippen LogP contribution in [0.3, 0.4) is 0 Å². The number of nitrogens with one attached hydrogen (secondary N) is 1. The molecular weight excluding hydrogens is 529 g/mol. The van der Waals surface area contributed by atoms with Crippen molar-refractivity contribution in [1.82, 2.24) is 5.32 Å². The van der Waals surface area contributed by atoms with Crippen LogP contribution in [0.1, 0.15) is 90.5 Å². The monoisotopic (exact) mass is 573 g/mol. The Labute approximate surface area is 237 Å². The number of fused-ring (bicyclic) bond motifs is 1. The molecule has 4 atom stereocenters. The predicted molar refractivity (Wildman–Crippen MR) is 149 cm³/mol. The summed E-state index contributed by atoms with van der Waals surface area (Å²) in [4.78, 5) is 12.5. The minimum Gasteiger partial charge on any atom is -0.387 e. The van der Waals surface area contributed by atoms with Crippen molar-refractivity contribution in [3.63, 3.8) is 0 Å². The van der Waals surface area contributed by atoms with Gasteiger partial charge in [-0.25, -0.2) is 0 Å². The van der Waals surface area contributed by atoms with E-state index in [0.29, 0.717) is 16.7 Å². The van der Waals surface area contributed by atoms with Gasteiger partial charge >= 0.3 is 0 Å². The van der Waals surface area contributed by atoms with Gasteiger partial charge in [-0.3, -0.25) is 4.79 Å². The molecule has 2 saturated heterocycles. The molecule has 0 aromatic heterocycles. The van der Waals surface area contributed by atoms with Crippen LogP contribution in [0.5, 0.6) is 0 Å². The Hall–Kier alpha value is -0.930. The molecule has 2 heterocycles. The van der Waals surface area contributed by atoms with Gasteiger partial charge in [0.15, 0.2) is 5.79 Å². The molecule has 216 valence electrons. The van der Waals surface area contributed by atoms with E-state index in [-0.39, 0.29) is 25.5 Å². The minimum atomic E-state index is -1.21. The Morgan fingerprint density at radius 1 is 1.00 bits per heavy atom. The van der Waals surface area contributed by atoms with Crippen LogP contribution in [0.4, 0.5) is 0 Å². The van der Waals surface area contributed by atoms with Gasteiger partial charge in [0.1, 0.15) is 24.9 Å². The SMILES string of the molecule is CCCCCCCCCCCCOC[C@@]12O[C@@H](CNC(=O)Cc3ccc(Cl)c(Cl)c3)[C@@H](O)[C@@H]1OC(C)(C)O2. The molecule has 0 bridgehead atoms. The van der Waals surface area contributed by atoms with E-state index in [1.165, 1.54) is 51.4 Å². The smallest absolute Gasteiger partial charge is 0.224 e. The topological polar surface area (TPSA) is 86.3 Å². The van der Waals surface area contributed by atoms with Crippen LogP contribution in [-0.2, 0) is 30.2 Å². The largest absolute Gasteiger partial charge is 0.387 e. The lowest BCUT2D eigenvalue weighted by Gasteiger charge is -2.28. The van der Waals surface area contributed by atoms with Crippen molar-refractivity contribution >= 4 is 29.1 Å². The van der Waals surface area contributed by atoms with Gasteiger partial charge in [0.2, 0.25) is 11.7 Å². The summed E-state index contributed by atoms with van der Waals surface area (Å²) in [5.41, 5.74) is 0.743. The molecule has 2 N–H and O–H groups in total. The van der Waals surface area contributed by atoms with Gasteiger partial charge in [-0.2, -0.15) is 0 Å². The number of carbonyl (C=O) groups is 1. The number of unbranched alkanes of at least 4 members (excludes halogenated alkanes) is 9. The zero-order valence-corrected chi connectivity index (χ0v) is 24.6. The van der Waals surface area contributed by atoms with Crippen molar-refractivity contribution in [3.05, 3.63) is 33.8 Å². The molecule has 38 heavy (non-hydrogen) atoms. The van der Waals surface area contributed by atoms with Gasteiger partial charge < -0.3 is 29.4 Å². The molecule has 0 radical (unpaired) electrons. The lowest BCUT2D eigenvalue weighted by molar-refractivity contribution is -0.277. The predicted octanol–water partition coefficient (Wildman–Crippen LogP) is 6.20. The molecule has 1 aromatic rings. The fourth-order valence-electron chi connectivity index (χ4n) is 5.16. The summed E-state index contributed by atoms with van der Waals surface area (Å²) < 4.78 is 24.2. The Bertz CT molecular complexity index is 885. The molecule has 2 fully saturated rings. The number of carbonyl (C=O) groups excluding carboxylic acids is 1. The molecule has 1 aromatic carbocycles. The van der Waals surface area contributed by atoms with Crippen LogP contribution in [0.25, 0.3) is 0 Å². The normalized spacial score (nSPS) is 26.0. The second kappa shape index (κ2) is 15.2. The van der Waals surface area contributed by atoms with Crippen LogP contribution in [0.2, 0.25) is 10.0 Å². The average Bonchev–Trinajstić information content (AvgIpc) is 3.27. The molecule has 0 unspecified atom stereocenters. The lowest BCUT2D eigenvalue weighted by atomic mass is 10.1. The third kappa shape index (κ3) is 9.33. The first-order chi connectivity index (χ1) is 18.2. The highest BCUT2D eigenvalue weighted by Gasteiger charge is 2.64. The Balaban J connectivity index is 1.39. The Morgan fingerprint density at radius 2 is 1.66 bits per heavy atom. The van der Waals surface area contributed by atoms with Gasteiger partial charge in [-0.1, -0.05) is 94.0 Å². The number of halogens is 2. The third-order valence-corrected chi connectivity index (χ3v) is 7.84. The number of hydrogen-bond donors (Lipinski definition) is 2. The van der Waals surface area contributed by atoms with E-state index in [9.17, 15) is 9.90 Å². The van der Waals surface area contributed by atoms with E-state index in [2.05, 4.69) is 12.2 Å². The number of benzene rings is 1. The first-order valence-corrected chi connectivity index (χ1v) is 14.9. The molecule has 2 aliphatic rings. The van der Waals surface area contributed by atoms with E-state index < -0.39 is 29.9 Å². The first kappa shape index (κ1) is 31.6. The van der Waals surface area contributed by atoms with Crippen molar-refractivity contribution in [1.29, 1.82) is 0 Å². The summed E-state index contributed by atoms with van der Waals surface area (Å²) >= 11 is 12.0. The maximum absolute atomic E-state index is 12.5. The fraction of sp³-hybridized carbons (Fsp3) is 0.759. The van der Waals surface area contributed by atoms with Gasteiger partial charge in [0, 0.05) is 13.2 Å². The van der Waals surface area contributed by atoms with Gasteiger partial charge in [0.25, 0.3) is 0 Å². The highest BCUT2D eigenvalue weighted by Crippen LogP contribution is 2.45. The highest BCUT2D eigenvalue weighted by molar-refractivity contribution is 6.42. The molecule has 3 rings (SSSR count). The van der Waals surface area contributed by atoms with E-state index >= 15 is 0 Å². The van der Waals surface area contributed by atoms with Crippen molar-refractivity contribution < 1.29 is 28.8 Å². The summed E-state index contributed by atoms with van der Waals surface area (Å²) in [6.07, 6.45) is 10.4. The fourth-order valence-corrected chi connectivity index (χ4v) is 5.48.